The standard InChI is InChI=1S/C33H37ClF2N6O2S.H2S/c1-4-28(43)40-15-20(3)41(16-19(40)2)32-25-14-26(34)29(24-8-5-21(35)13-27(24)36)31-30(25)42(33(44)37-32)23(18-45-31)17-38-9-11-39(12-10-38)22-6-7-22;/h4-5,8,13-14,19-20,22-23H,1,6-7,9-12,15-18H2,2-3H3;1H2/t19-,20+,23+;/m1./s1. The number of anilines is 1. The maximum absolute atomic E-state index is 15.3. The summed E-state index contributed by atoms with van der Waals surface area (Å²) in [7, 11) is 0. The second-order valence-corrected chi connectivity index (χ2v) is 14.2. The van der Waals surface area contributed by atoms with Crippen LogP contribution >= 0.6 is 36.9 Å². The van der Waals surface area contributed by atoms with Crippen LogP contribution in [0.4, 0.5) is 14.6 Å². The molecule has 0 spiro atoms. The van der Waals surface area contributed by atoms with E-state index in [1.165, 1.54) is 31.1 Å². The van der Waals surface area contributed by atoms with Crippen molar-refractivity contribution in [3.8, 4) is 11.1 Å². The first-order valence-electron chi connectivity index (χ1n) is 15.7. The fourth-order valence-corrected chi connectivity index (χ4v) is 8.94. The van der Waals surface area contributed by atoms with Gasteiger partial charge < -0.3 is 9.80 Å². The molecule has 8 nitrogen and oxygen atoms in total. The van der Waals surface area contributed by atoms with Crippen molar-refractivity contribution < 1.29 is 13.6 Å². The summed E-state index contributed by atoms with van der Waals surface area (Å²) in [6, 6.07) is 5.58. The van der Waals surface area contributed by atoms with E-state index < -0.39 is 11.6 Å². The molecule has 1 aromatic heterocycles. The summed E-state index contributed by atoms with van der Waals surface area (Å²) in [5.41, 5.74) is 0.959. The Kier molecular flexibility index (Phi) is 9.48. The highest BCUT2D eigenvalue weighted by molar-refractivity contribution is 7.99. The van der Waals surface area contributed by atoms with E-state index in [9.17, 15) is 14.0 Å². The third-order valence-corrected chi connectivity index (χ3v) is 11.3. The Hall–Kier alpha value is -2.64. The number of thioether (sulfide) groups is 1. The lowest BCUT2D eigenvalue weighted by molar-refractivity contribution is -0.128. The van der Waals surface area contributed by atoms with Gasteiger partial charge >= 0.3 is 5.69 Å². The Morgan fingerprint density at radius 3 is 2.52 bits per heavy atom. The summed E-state index contributed by atoms with van der Waals surface area (Å²) in [5.74, 6) is -0.415. The fourth-order valence-electron chi connectivity index (χ4n) is 7.25. The normalized spacial score (nSPS) is 23.8. The Morgan fingerprint density at radius 1 is 1.11 bits per heavy atom. The molecule has 13 heteroatoms. The summed E-state index contributed by atoms with van der Waals surface area (Å²) >= 11 is 8.52. The molecule has 246 valence electrons. The number of nitrogens with zero attached hydrogens (tertiary/aromatic N) is 6. The van der Waals surface area contributed by atoms with Gasteiger partial charge in [-0.1, -0.05) is 18.2 Å². The number of carbonyl (C=O) groups is 1. The molecule has 46 heavy (non-hydrogen) atoms. The average Bonchev–Trinajstić information content (AvgIpc) is 3.87. The van der Waals surface area contributed by atoms with Crippen LogP contribution in [0.15, 0.2) is 46.6 Å². The number of aromatic nitrogens is 2. The number of hydrogen-bond donors (Lipinski definition) is 0. The van der Waals surface area contributed by atoms with Crippen LogP contribution in [0.25, 0.3) is 22.0 Å². The van der Waals surface area contributed by atoms with E-state index in [0.29, 0.717) is 57.6 Å². The lowest BCUT2D eigenvalue weighted by Gasteiger charge is -2.45. The number of carbonyl (C=O) groups excluding carboxylic acids is 1. The highest BCUT2D eigenvalue weighted by Gasteiger charge is 2.37. The molecule has 0 bridgehead atoms. The largest absolute Gasteiger partial charge is 0.350 e. The van der Waals surface area contributed by atoms with E-state index >= 15 is 4.39 Å². The van der Waals surface area contributed by atoms with Gasteiger partial charge in [-0.3, -0.25) is 19.2 Å². The van der Waals surface area contributed by atoms with E-state index in [2.05, 4.69) is 21.3 Å². The van der Waals surface area contributed by atoms with Crippen molar-refractivity contribution in [3.05, 3.63) is 64.1 Å². The number of benzene rings is 2. The zero-order valence-electron chi connectivity index (χ0n) is 26.0. The summed E-state index contributed by atoms with van der Waals surface area (Å²) in [6.07, 6.45) is 3.90. The molecule has 4 aliphatic rings. The van der Waals surface area contributed by atoms with Gasteiger partial charge in [0.2, 0.25) is 5.91 Å². The molecule has 3 aliphatic heterocycles. The molecule has 0 unspecified atom stereocenters. The van der Waals surface area contributed by atoms with Gasteiger partial charge in [0.1, 0.15) is 17.5 Å². The first-order valence-corrected chi connectivity index (χ1v) is 17.0. The van der Waals surface area contributed by atoms with Crippen LogP contribution in [0, 0.1) is 11.6 Å². The zero-order valence-corrected chi connectivity index (χ0v) is 28.6. The molecule has 1 amide bonds. The summed E-state index contributed by atoms with van der Waals surface area (Å²) in [4.78, 5) is 40.9. The molecule has 1 saturated carbocycles. The van der Waals surface area contributed by atoms with E-state index in [0.717, 1.165) is 38.3 Å². The Bertz CT molecular complexity index is 1750. The smallest absolute Gasteiger partial charge is 0.349 e. The SMILES string of the molecule is C=CC(=O)N1C[C@H](C)N(c2nc(=O)n3c4c(c(-c5ccc(F)cc5F)c(Cl)cc24)SC[C@@H]3CN2CCN(C3CC3)CC2)C[C@H]1C.S. The highest BCUT2D eigenvalue weighted by Crippen LogP contribution is 2.48. The molecule has 0 N–H and O–H groups in total. The van der Waals surface area contributed by atoms with E-state index in [-0.39, 0.29) is 48.8 Å². The third-order valence-electron chi connectivity index (χ3n) is 9.74. The number of rotatable bonds is 6. The van der Waals surface area contributed by atoms with Gasteiger partial charge in [-0.2, -0.15) is 18.5 Å². The van der Waals surface area contributed by atoms with Crippen LogP contribution in [-0.4, -0.2) is 99.8 Å². The molecule has 7 rings (SSSR count). The number of amides is 1. The van der Waals surface area contributed by atoms with Crippen LogP contribution in [0.3, 0.4) is 0 Å². The quantitative estimate of drug-likeness (QED) is 0.332. The minimum Gasteiger partial charge on any atom is -0.349 e. The van der Waals surface area contributed by atoms with Crippen LogP contribution in [0.1, 0.15) is 32.7 Å². The van der Waals surface area contributed by atoms with Gasteiger partial charge in [-0.05, 0) is 51.0 Å². The van der Waals surface area contributed by atoms with Crippen molar-refractivity contribution in [1.29, 1.82) is 0 Å². The lowest BCUT2D eigenvalue weighted by Crippen LogP contribution is -2.58. The molecular formula is C33H39ClF2N6O2S2. The maximum Gasteiger partial charge on any atom is 0.350 e. The highest BCUT2D eigenvalue weighted by atomic mass is 35.5. The van der Waals surface area contributed by atoms with Gasteiger partial charge in [0.25, 0.3) is 0 Å². The number of piperazine rings is 2. The van der Waals surface area contributed by atoms with E-state index in [1.54, 1.807) is 27.3 Å². The Labute approximate surface area is 283 Å². The van der Waals surface area contributed by atoms with E-state index in [1.807, 2.05) is 13.8 Å². The summed E-state index contributed by atoms with van der Waals surface area (Å²) in [5, 5.41) is 1.01. The molecule has 2 saturated heterocycles. The second-order valence-electron chi connectivity index (χ2n) is 12.7. The van der Waals surface area contributed by atoms with Crippen molar-refractivity contribution in [2.24, 2.45) is 0 Å². The molecule has 3 fully saturated rings. The number of halogens is 3. The summed E-state index contributed by atoms with van der Waals surface area (Å²) in [6.45, 7) is 13.2. The van der Waals surface area contributed by atoms with Crippen LogP contribution in [0.2, 0.25) is 5.02 Å². The zero-order chi connectivity index (χ0) is 31.6. The number of hydrogen-bond acceptors (Lipinski definition) is 7. The first-order chi connectivity index (χ1) is 21.6. The lowest BCUT2D eigenvalue weighted by atomic mass is 10.0. The van der Waals surface area contributed by atoms with Crippen molar-refractivity contribution in [2.75, 3.05) is 56.5 Å². The third kappa shape index (κ3) is 5.96. The Balaban J connectivity index is 0.00000372. The predicted molar refractivity (Wildman–Crippen MR) is 186 cm³/mol. The van der Waals surface area contributed by atoms with Gasteiger partial charge in [-0.25, -0.2) is 13.6 Å². The van der Waals surface area contributed by atoms with Gasteiger partial charge in [0.15, 0.2) is 0 Å². The van der Waals surface area contributed by atoms with Crippen LogP contribution < -0.4 is 10.6 Å². The van der Waals surface area contributed by atoms with Crippen LogP contribution in [0.5, 0.6) is 0 Å². The van der Waals surface area contributed by atoms with Crippen molar-refractivity contribution in [2.45, 2.75) is 55.8 Å². The topological polar surface area (TPSA) is 64.9 Å². The van der Waals surface area contributed by atoms with Crippen molar-refractivity contribution in [3.63, 3.8) is 0 Å². The van der Waals surface area contributed by atoms with Gasteiger partial charge in [-0.15, -0.1) is 11.8 Å². The minimum atomic E-state index is -0.711. The molecule has 0 radical (unpaired) electrons. The molecule has 3 aromatic rings. The second kappa shape index (κ2) is 13.1. The maximum atomic E-state index is 15.3. The average molecular weight is 689 g/mol. The van der Waals surface area contributed by atoms with Gasteiger partial charge in [0, 0.05) is 97.2 Å². The monoisotopic (exact) mass is 688 g/mol. The first kappa shape index (κ1) is 33.3. The van der Waals surface area contributed by atoms with Crippen LogP contribution in [-0.2, 0) is 4.79 Å². The molecule has 1 aliphatic carbocycles. The van der Waals surface area contributed by atoms with Gasteiger partial charge in [0.05, 0.1) is 16.6 Å². The van der Waals surface area contributed by atoms with Crippen molar-refractivity contribution >= 4 is 59.5 Å². The fraction of sp³-hybridized carbons (Fsp3) is 0.485. The molecule has 3 atom stereocenters. The molecule has 2 aromatic carbocycles. The predicted octanol–water partition coefficient (Wildman–Crippen LogP) is 5.15. The Morgan fingerprint density at radius 2 is 1.85 bits per heavy atom. The van der Waals surface area contributed by atoms with Crippen molar-refractivity contribution in [1.82, 2.24) is 24.3 Å². The minimum absolute atomic E-state index is 0. The molecular weight excluding hydrogens is 650 g/mol. The summed E-state index contributed by atoms with van der Waals surface area (Å²) < 4.78 is 31.0. The molecule has 4 heterocycles. The van der Waals surface area contributed by atoms with E-state index in [4.69, 9.17) is 16.6 Å².